The number of hydrogen-bond acceptors (Lipinski definition) is 4. The minimum Gasteiger partial charge on any atom is -0.367 e. The minimum absolute atomic E-state index is 0.334. The van der Waals surface area contributed by atoms with Crippen LogP contribution in [0.15, 0.2) is 10.7 Å². The van der Waals surface area contributed by atoms with E-state index in [9.17, 15) is 0 Å². The van der Waals surface area contributed by atoms with E-state index < -0.39 is 0 Å². The van der Waals surface area contributed by atoms with Gasteiger partial charge in [0.2, 0.25) is 0 Å². The first kappa shape index (κ1) is 18.4. The lowest BCUT2D eigenvalue weighted by atomic mass is 10.1. The van der Waals surface area contributed by atoms with E-state index in [1.807, 2.05) is 6.07 Å². The molecule has 0 saturated carbocycles. The number of aromatic nitrogens is 2. The zero-order valence-corrected chi connectivity index (χ0v) is 15.6. The van der Waals surface area contributed by atoms with Gasteiger partial charge in [0.05, 0.1) is 0 Å². The van der Waals surface area contributed by atoms with Crippen molar-refractivity contribution in [3.8, 4) is 0 Å². The Balaban J connectivity index is 2.49. The third-order valence-electron chi connectivity index (χ3n) is 3.63. The molecule has 1 aromatic heterocycles. The molecule has 1 N–H and O–H groups in total. The van der Waals surface area contributed by atoms with Crippen LogP contribution in [0.1, 0.15) is 59.2 Å². The van der Waals surface area contributed by atoms with Gasteiger partial charge in [0.25, 0.3) is 0 Å². The van der Waals surface area contributed by atoms with E-state index in [0.717, 1.165) is 35.8 Å². The number of anilines is 1. The molecule has 21 heavy (non-hydrogen) atoms. The average Bonchev–Trinajstić information content (AvgIpc) is 2.43. The van der Waals surface area contributed by atoms with Gasteiger partial charge in [0, 0.05) is 18.0 Å². The highest BCUT2D eigenvalue weighted by molar-refractivity contribution is 9.10. The third kappa shape index (κ3) is 6.74. The zero-order valence-electron chi connectivity index (χ0n) is 14.0. The normalized spacial score (nSPS) is 13.0. The maximum absolute atomic E-state index is 4.59. The van der Waals surface area contributed by atoms with Crippen LogP contribution in [0.3, 0.4) is 0 Å². The fourth-order valence-corrected chi connectivity index (χ4v) is 2.65. The molecular formula is C16H29BrN4. The Labute approximate surface area is 137 Å². The van der Waals surface area contributed by atoms with Crippen molar-refractivity contribution in [2.45, 2.75) is 59.4 Å². The Morgan fingerprint density at radius 1 is 1.19 bits per heavy atom. The predicted octanol–water partition coefficient (Wildman–Crippen LogP) is 4.28. The van der Waals surface area contributed by atoms with E-state index in [1.54, 1.807) is 0 Å². The largest absolute Gasteiger partial charge is 0.367 e. The van der Waals surface area contributed by atoms with Crippen molar-refractivity contribution in [3.05, 3.63) is 16.5 Å². The molecule has 5 heteroatoms. The molecule has 0 aliphatic carbocycles. The Bertz CT molecular complexity index is 419. The molecular weight excluding hydrogens is 328 g/mol. The van der Waals surface area contributed by atoms with Gasteiger partial charge in [-0.3, -0.25) is 0 Å². The lowest BCUT2D eigenvalue weighted by molar-refractivity contribution is 0.295. The summed E-state index contributed by atoms with van der Waals surface area (Å²) in [4.78, 5) is 11.5. The first-order valence-corrected chi connectivity index (χ1v) is 8.78. The summed E-state index contributed by atoms with van der Waals surface area (Å²) >= 11 is 3.46. The molecule has 1 atom stereocenters. The second kappa shape index (κ2) is 9.36. The number of hydrogen-bond donors (Lipinski definition) is 1. The van der Waals surface area contributed by atoms with Gasteiger partial charge in [-0.15, -0.1) is 0 Å². The molecule has 1 unspecified atom stereocenters. The van der Waals surface area contributed by atoms with Crippen molar-refractivity contribution in [2.24, 2.45) is 0 Å². The van der Waals surface area contributed by atoms with Crippen molar-refractivity contribution in [2.75, 3.05) is 25.0 Å². The van der Waals surface area contributed by atoms with Gasteiger partial charge in [0.1, 0.15) is 16.2 Å². The molecule has 0 radical (unpaired) electrons. The summed E-state index contributed by atoms with van der Waals surface area (Å²) in [5, 5.41) is 3.49. The van der Waals surface area contributed by atoms with Crippen LogP contribution in [0.25, 0.3) is 0 Å². The van der Waals surface area contributed by atoms with E-state index in [0.29, 0.717) is 12.0 Å². The smallest absolute Gasteiger partial charge is 0.134 e. The standard InChI is InChI=1S/C16H29BrN4/c1-6-21(7-2)10-8-9-13(5)18-15-11-14(17)19-16(20-15)12(3)4/h11-13H,6-10H2,1-5H3,(H,18,19,20). The molecule has 0 amide bonds. The van der Waals surface area contributed by atoms with Crippen LogP contribution in [0.2, 0.25) is 0 Å². The van der Waals surface area contributed by atoms with Crippen LogP contribution in [0.5, 0.6) is 0 Å². The van der Waals surface area contributed by atoms with Gasteiger partial charge < -0.3 is 10.2 Å². The molecule has 0 saturated heterocycles. The molecule has 0 aromatic carbocycles. The highest BCUT2D eigenvalue weighted by Gasteiger charge is 2.09. The van der Waals surface area contributed by atoms with Gasteiger partial charge in [-0.05, 0) is 55.3 Å². The predicted molar refractivity (Wildman–Crippen MR) is 93.9 cm³/mol. The van der Waals surface area contributed by atoms with Crippen LogP contribution >= 0.6 is 15.9 Å². The monoisotopic (exact) mass is 356 g/mol. The number of halogens is 1. The quantitative estimate of drug-likeness (QED) is 0.670. The fraction of sp³-hybridized carbons (Fsp3) is 0.750. The first-order chi connectivity index (χ1) is 9.96. The summed E-state index contributed by atoms with van der Waals surface area (Å²) in [6.45, 7) is 14.3. The summed E-state index contributed by atoms with van der Waals surface area (Å²) in [6, 6.07) is 2.37. The van der Waals surface area contributed by atoms with Crippen molar-refractivity contribution in [1.29, 1.82) is 0 Å². The highest BCUT2D eigenvalue weighted by atomic mass is 79.9. The summed E-state index contributed by atoms with van der Waals surface area (Å²) in [5.74, 6) is 2.12. The van der Waals surface area contributed by atoms with Gasteiger partial charge >= 0.3 is 0 Å². The van der Waals surface area contributed by atoms with Gasteiger partial charge in [-0.2, -0.15) is 0 Å². The van der Waals surface area contributed by atoms with E-state index in [4.69, 9.17) is 0 Å². The number of nitrogens with one attached hydrogen (secondary N) is 1. The van der Waals surface area contributed by atoms with E-state index in [1.165, 1.54) is 13.0 Å². The summed E-state index contributed by atoms with van der Waals surface area (Å²) < 4.78 is 0.846. The second-order valence-corrected chi connectivity index (χ2v) is 6.62. The molecule has 1 aromatic rings. The molecule has 0 fully saturated rings. The van der Waals surface area contributed by atoms with Crippen molar-refractivity contribution >= 4 is 21.7 Å². The average molecular weight is 357 g/mol. The van der Waals surface area contributed by atoms with Crippen LogP contribution in [0.4, 0.5) is 5.82 Å². The molecule has 0 spiro atoms. The third-order valence-corrected chi connectivity index (χ3v) is 4.04. The SMILES string of the molecule is CCN(CC)CCCC(C)Nc1cc(Br)nc(C(C)C)n1. The maximum atomic E-state index is 4.59. The lowest BCUT2D eigenvalue weighted by Crippen LogP contribution is -2.25. The Kier molecular flexibility index (Phi) is 8.19. The minimum atomic E-state index is 0.334. The second-order valence-electron chi connectivity index (χ2n) is 5.80. The summed E-state index contributed by atoms with van der Waals surface area (Å²) in [7, 11) is 0. The molecule has 120 valence electrons. The van der Waals surface area contributed by atoms with Crippen LogP contribution < -0.4 is 5.32 Å². The van der Waals surface area contributed by atoms with E-state index in [2.05, 4.69) is 70.7 Å². The van der Waals surface area contributed by atoms with Crippen molar-refractivity contribution < 1.29 is 0 Å². The Hall–Kier alpha value is -0.680. The number of nitrogens with zero attached hydrogens (tertiary/aromatic N) is 3. The van der Waals surface area contributed by atoms with Gasteiger partial charge in [-0.25, -0.2) is 9.97 Å². The molecule has 4 nitrogen and oxygen atoms in total. The fourth-order valence-electron chi connectivity index (χ4n) is 2.25. The zero-order chi connectivity index (χ0) is 15.8. The van der Waals surface area contributed by atoms with Crippen molar-refractivity contribution in [3.63, 3.8) is 0 Å². The summed E-state index contributed by atoms with van der Waals surface area (Å²) in [5.41, 5.74) is 0. The molecule has 0 aliphatic heterocycles. The van der Waals surface area contributed by atoms with Crippen LogP contribution in [0, 0.1) is 0 Å². The Morgan fingerprint density at radius 2 is 1.86 bits per heavy atom. The number of rotatable bonds is 9. The first-order valence-electron chi connectivity index (χ1n) is 7.99. The maximum Gasteiger partial charge on any atom is 0.134 e. The Morgan fingerprint density at radius 3 is 2.43 bits per heavy atom. The molecule has 0 aliphatic rings. The van der Waals surface area contributed by atoms with Gasteiger partial charge in [0.15, 0.2) is 0 Å². The highest BCUT2D eigenvalue weighted by Crippen LogP contribution is 2.18. The molecule has 1 rings (SSSR count). The molecule has 0 bridgehead atoms. The lowest BCUT2D eigenvalue weighted by Gasteiger charge is -2.20. The van der Waals surface area contributed by atoms with E-state index >= 15 is 0 Å². The van der Waals surface area contributed by atoms with Crippen LogP contribution in [-0.4, -0.2) is 40.5 Å². The summed E-state index contributed by atoms with van der Waals surface area (Å²) in [6.07, 6.45) is 2.36. The van der Waals surface area contributed by atoms with Crippen molar-refractivity contribution in [1.82, 2.24) is 14.9 Å². The van der Waals surface area contributed by atoms with Crippen LogP contribution in [-0.2, 0) is 0 Å². The topological polar surface area (TPSA) is 41.0 Å². The van der Waals surface area contributed by atoms with E-state index in [-0.39, 0.29) is 0 Å². The molecule has 1 heterocycles. The van der Waals surface area contributed by atoms with Gasteiger partial charge in [-0.1, -0.05) is 27.7 Å².